The Balaban J connectivity index is 3.85. The highest BCUT2D eigenvalue weighted by molar-refractivity contribution is 5.69. The molecule has 0 saturated heterocycles. The highest BCUT2D eigenvalue weighted by atomic mass is 16.4. The van der Waals surface area contributed by atoms with Gasteiger partial charge in [0.25, 0.3) is 0 Å². The van der Waals surface area contributed by atoms with Gasteiger partial charge in [-0.2, -0.15) is 0 Å². The van der Waals surface area contributed by atoms with Crippen LogP contribution >= 0.6 is 0 Å². The lowest BCUT2D eigenvalue weighted by Gasteiger charge is -2.30. The van der Waals surface area contributed by atoms with Crippen LogP contribution in [0.1, 0.15) is 20.8 Å². The Kier molecular flexibility index (Phi) is 2.84. The van der Waals surface area contributed by atoms with Crippen molar-refractivity contribution in [1.82, 2.24) is 4.90 Å². The number of hydrogen-bond donors (Lipinski definition) is 1. The summed E-state index contributed by atoms with van der Waals surface area (Å²) in [5.41, 5.74) is -0.0572. The SMILES string of the molecule is CN(CC(=O)O)C(C)(C)C. The number of carboxylic acids is 1. The minimum absolute atomic E-state index is 0.0572. The van der Waals surface area contributed by atoms with Crippen molar-refractivity contribution in [2.75, 3.05) is 13.6 Å². The molecule has 10 heavy (non-hydrogen) atoms. The molecule has 0 aromatic heterocycles. The van der Waals surface area contributed by atoms with Gasteiger partial charge in [0.2, 0.25) is 0 Å². The average molecular weight is 145 g/mol. The van der Waals surface area contributed by atoms with E-state index >= 15 is 0 Å². The van der Waals surface area contributed by atoms with E-state index in [0.717, 1.165) is 0 Å². The molecule has 0 aliphatic carbocycles. The van der Waals surface area contributed by atoms with Crippen molar-refractivity contribution in [3.8, 4) is 0 Å². The smallest absolute Gasteiger partial charge is 0.317 e. The molecule has 1 N–H and O–H groups in total. The summed E-state index contributed by atoms with van der Waals surface area (Å²) < 4.78 is 0. The zero-order chi connectivity index (χ0) is 8.36. The first-order valence-corrected chi connectivity index (χ1v) is 3.27. The third-order valence-electron chi connectivity index (χ3n) is 1.52. The predicted octanol–water partition coefficient (Wildman–Crippen LogP) is 0.801. The van der Waals surface area contributed by atoms with Crippen LogP contribution in [0.2, 0.25) is 0 Å². The molecule has 0 saturated carbocycles. The van der Waals surface area contributed by atoms with E-state index in [9.17, 15) is 4.79 Å². The van der Waals surface area contributed by atoms with Crippen LogP contribution < -0.4 is 0 Å². The Hall–Kier alpha value is -0.570. The van der Waals surface area contributed by atoms with Crippen molar-refractivity contribution in [3.63, 3.8) is 0 Å². The second-order valence-electron chi connectivity index (χ2n) is 3.42. The summed E-state index contributed by atoms with van der Waals surface area (Å²) in [4.78, 5) is 12.0. The lowest BCUT2D eigenvalue weighted by Crippen LogP contribution is -2.41. The van der Waals surface area contributed by atoms with Gasteiger partial charge in [-0.15, -0.1) is 0 Å². The first-order valence-electron chi connectivity index (χ1n) is 3.27. The molecule has 0 aromatic rings. The number of carboxylic acid groups (broad SMARTS) is 1. The Morgan fingerprint density at radius 2 is 1.90 bits per heavy atom. The van der Waals surface area contributed by atoms with Gasteiger partial charge in [0.15, 0.2) is 0 Å². The summed E-state index contributed by atoms with van der Waals surface area (Å²) in [6, 6.07) is 0. The van der Waals surface area contributed by atoms with Crippen LogP contribution in [0.4, 0.5) is 0 Å². The minimum Gasteiger partial charge on any atom is -0.480 e. The number of nitrogens with zero attached hydrogens (tertiary/aromatic N) is 1. The minimum atomic E-state index is -0.780. The van der Waals surface area contributed by atoms with Gasteiger partial charge in [-0.25, -0.2) is 0 Å². The molecule has 0 aliphatic rings. The Morgan fingerprint density at radius 3 is 2.00 bits per heavy atom. The fourth-order valence-electron chi connectivity index (χ4n) is 0.440. The normalized spacial score (nSPS) is 12.1. The van der Waals surface area contributed by atoms with Crippen molar-refractivity contribution in [2.24, 2.45) is 0 Å². The molecule has 0 aromatic carbocycles. The molecule has 0 heterocycles. The molecule has 0 rings (SSSR count). The summed E-state index contributed by atoms with van der Waals surface area (Å²) >= 11 is 0. The Labute approximate surface area is 61.6 Å². The van der Waals surface area contributed by atoms with Crippen LogP contribution in [0.5, 0.6) is 0 Å². The summed E-state index contributed by atoms with van der Waals surface area (Å²) in [6.07, 6.45) is 0. The van der Waals surface area contributed by atoms with Crippen LogP contribution in [0, 0.1) is 0 Å². The van der Waals surface area contributed by atoms with Gasteiger partial charge in [0.05, 0.1) is 6.54 Å². The molecule has 0 aliphatic heterocycles. The van der Waals surface area contributed by atoms with E-state index in [-0.39, 0.29) is 12.1 Å². The van der Waals surface area contributed by atoms with E-state index in [4.69, 9.17) is 5.11 Å². The molecule has 0 radical (unpaired) electrons. The van der Waals surface area contributed by atoms with Gasteiger partial charge in [0, 0.05) is 5.54 Å². The molecule has 3 heteroatoms. The number of carbonyl (C=O) groups is 1. The number of rotatable bonds is 2. The molecule has 60 valence electrons. The van der Waals surface area contributed by atoms with E-state index in [1.807, 2.05) is 20.8 Å². The van der Waals surface area contributed by atoms with Gasteiger partial charge in [0.1, 0.15) is 0 Å². The molecule has 0 atom stereocenters. The van der Waals surface area contributed by atoms with Crippen LogP contribution in [-0.4, -0.2) is 35.1 Å². The lowest BCUT2D eigenvalue weighted by atomic mass is 10.1. The molecule has 0 fully saturated rings. The molecular formula is C7H15NO2. The van der Waals surface area contributed by atoms with Gasteiger partial charge in [-0.3, -0.25) is 9.69 Å². The van der Waals surface area contributed by atoms with Crippen molar-refractivity contribution in [2.45, 2.75) is 26.3 Å². The lowest BCUT2D eigenvalue weighted by molar-refractivity contribution is -0.139. The third-order valence-corrected chi connectivity index (χ3v) is 1.52. The number of likely N-dealkylation sites (N-methyl/N-ethyl adjacent to an activating group) is 1. The summed E-state index contributed by atoms with van der Waals surface area (Å²) in [7, 11) is 1.80. The molecule has 0 spiro atoms. The van der Waals surface area contributed by atoms with E-state index in [0.29, 0.717) is 0 Å². The summed E-state index contributed by atoms with van der Waals surface area (Å²) in [6.45, 7) is 6.05. The maximum Gasteiger partial charge on any atom is 0.317 e. The maximum absolute atomic E-state index is 10.2. The first kappa shape index (κ1) is 9.43. The standard InChI is InChI=1S/C7H15NO2/c1-7(2,3)8(4)5-6(9)10/h5H2,1-4H3,(H,9,10). The topological polar surface area (TPSA) is 40.5 Å². The van der Waals surface area contributed by atoms with Crippen molar-refractivity contribution < 1.29 is 9.90 Å². The highest BCUT2D eigenvalue weighted by Crippen LogP contribution is 2.08. The Morgan fingerprint density at radius 1 is 1.50 bits per heavy atom. The third kappa shape index (κ3) is 3.45. The largest absolute Gasteiger partial charge is 0.480 e. The van der Waals surface area contributed by atoms with E-state index in [1.165, 1.54) is 0 Å². The summed E-state index contributed by atoms with van der Waals surface area (Å²) in [5, 5.41) is 8.41. The fourth-order valence-corrected chi connectivity index (χ4v) is 0.440. The van der Waals surface area contributed by atoms with Gasteiger partial charge in [-0.05, 0) is 27.8 Å². The quantitative estimate of drug-likeness (QED) is 0.625. The first-order chi connectivity index (χ1) is 4.34. The van der Waals surface area contributed by atoms with E-state index in [2.05, 4.69) is 0 Å². The van der Waals surface area contributed by atoms with Crippen molar-refractivity contribution >= 4 is 5.97 Å². The number of aliphatic carboxylic acids is 1. The van der Waals surface area contributed by atoms with Crippen LogP contribution in [0.15, 0.2) is 0 Å². The molecular weight excluding hydrogens is 130 g/mol. The van der Waals surface area contributed by atoms with Gasteiger partial charge in [-0.1, -0.05) is 0 Å². The van der Waals surface area contributed by atoms with Gasteiger partial charge >= 0.3 is 5.97 Å². The molecule has 0 bridgehead atoms. The number of hydrogen-bond acceptors (Lipinski definition) is 2. The maximum atomic E-state index is 10.2. The second-order valence-corrected chi connectivity index (χ2v) is 3.42. The van der Waals surface area contributed by atoms with Crippen molar-refractivity contribution in [3.05, 3.63) is 0 Å². The zero-order valence-electron chi connectivity index (χ0n) is 7.01. The molecule has 0 unspecified atom stereocenters. The van der Waals surface area contributed by atoms with E-state index < -0.39 is 5.97 Å². The Bertz CT molecular complexity index is 126. The van der Waals surface area contributed by atoms with Crippen LogP contribution in [0.3, 0.4) is 0 Å². The van der Waals surface area contributed by atoms with E-state index in [1.54, 1.807) is 11.9 Å². The average Bonchev–Trinajstić information content (AvgIpc) is 1.60. The van der Waals surface area contributed by atoms with Crippen LogP contribution in [0.25, 0.3) is 0 Å². The fraction of sp³-hybridized carbons (Fsp3) is 0.857. The monoisotopic (exact) mass is 145 g/mol. The summed E-state index contributed by atoms with van der Waals surface area (Å²) in [5.74, 6) is -0.780. The van der Waals surface area contributed by atoms with Crippen molar-refractivity contribution in [1.29, 1.82) is 0 Å². The second kappa shape index (κ2) is 3.01. The highest BCUT2D eigenvalue weighted by Gasteiger charge is 2.18. The molecule has 3 nitrogen and oxygen atoms in total. The predicted molar refractivity (Wildman–Crippen MR) is 40.0 cm³/mol. The zero-order valence-corrected chi connectivity index (χ0v) is 7.01. The molecule has 0 amide bonds. The van der Waals surface area contributed by atoms with Gasteiger partial charge < -0.3 is 5.11 Å². The van der Waals surface area contributed by atoms with Crippen LogP contribution in [-0.2, 0) is 4.79 Å².